The summed E-state index contributed by atoms with van der Waals surface area (Å²) in [5.41, 5.74) is 2.07. The number of amides is 1. The van der Waals surface area contributed by atoms with Gasteiger partial charge in [0.25, 0.3) is 5.91 Å². The SMILES string of the molecule is Cc1c(Cl)cccc1NC(=S)NC(=O)c1ccc(OCCOc2ccccc2)cc1. The van der Waals surface area contributed by atoms with Crippen molar-refractivity contribution in [3.63, 3.8) is 0 Å². The van der Waals surface area contributed by atoms with Crippen molar-refractivity contribution >= 4 is 40.5 Å². The minimum Gasteiger partial charge on any atom is -0.490 e. The zero-order valence-electron chi connectivity index (χ0n) is 16.4. The Kier molecular flexibility index (Phi) is 7.65. The number of para-hydroxylation sites is 1. The van der Waals surface area contributed by atoms with Gasteiger partial charge in [-0.05, 0) is 73.2 Å². The van der Waals surface area contributed by atoms with E-state index in [2.05, 4.69) is 10.6 Å². The van der Waals surface area contributed by atoms with Crippen molar-refractivity contribution < 1.29 is 14.3 Å². The highest BCUT2D eigenvalue weighted by Crippen LogP contribution is 2.22. The topological polar surface area (TPSA) is 59.6 Å². The van der Waals surface area contributed by atoms with Crippen LogP contribution >= 0.6 is 23.8 Å². The number of halogens is 1. The fourth-order valence-corrected chi connectivity index (χ4v) is 2.99. The van der Waals surface area contributed by atoms with Gasteiger partial charge >= 0.3 is 0 Å². The molecule has 7 heteroatoms. The molecule has 0 bridgehead atoms. The Labute approximate surface area is 186 Å². The largest absolute Gasteiger partial charge is 0.490 e. The highest BCUT2D eigenvalue weighted by Gasteiger charge is 2.10. The molecule has 5 nitrogen and oxygen atoms in total. The van der Waals surface area contributed by atoms with Gasteiger partial charge in [0.05, 0.1) is 0 Å². The third kappa shape index (κ3) is 6.20. The lowest BCUT2D eigenvalue weighted by molar-refractivity contribution is 0.0977. The molecule has 30 heavy (non-hydrogen) atoms. The molecule has 0 aliphatic rings. The van der Waals surface area contributed by atoms with Crippen molar-refractivity contribution in [3.05, 3.63) is 88.9 Å². The van der Waals surface area contributed by atoms with Crippen molar-refractivity contribution in [1.82, 2.24) is 5.32 Å². The summed E-state index contributed by atoms with van der Waals surface area (Å²) in [7, 11) is 0. The lowest BCUT2D eigenvalue weighted by Gasteiger charge is -2.13. The number of rotatable bonds is 7. The van der Waals surface area contributed by atoms with E-state index in [1.165, 1.54) is 0 Å². The van der Waals surface area contributed by atoms with Crippen LogP contribution in [0.25, 0.3) is 0 Å². The van der Waals surface area contributed by atoms with E-state index >= 15 is 0 Å². The third-order valence-corrected chi connectivity index (χ3v) is 4.84. The van der Waals surface area contributed by atoms with E-state index in [-0.39, 0.29) is 11.0 Å². The van der Waals surface area contributed by atoms with Crippen LogP contribution in [0.3, 0.4) is 0 Å². The number of hydrogen-bond donors (Lipinski definition) is 2. The minimum absolute atomic E-state index is 0.198. The quantitative estimate of drug-likeness (QED) is 0.389. The minimum atomic E-state index is -0.314. The molecule has 0 radical (unpaired) electrons. The molecule has 0 atom stereocenters. The van der Waals surface area contributed by atoms with Crippen LogP contribution in [0.5, 0.6) is 11.5 Å². The van der Waals surface area contributed by atoms with Crippen LogP contribution < -0.4 is 20.1 Å². The molecule has 0 spiro atoms. The number of carbonyl (C=O) groups is 1. The van der Waals surface area contributed by atoms with E-state index in [0.29, 0.717) is 29.5 Å². The van der Waals surface area contributed by atoms with E-state index < -0.39 is 0 Å². The molecule has 3 aromatic rings. The Bertz CT molecular complexity index is 1010. The summed E-state index contributed by atoms with van der Waals surface area (Å²) in [6.07, 6.45) is 0. The second-order valence-electron chi connectivity index (χ2n) is 6.35. The molecule has 1 amide bonds. The van der Waals surface area contributed by atoms with E-state index in [1.54, 1.807) is 30.3 Å². The maximum atomic E-state index is 12.4. The first-order chi connectivity index (χ1) is 14.5. The summed E-state index contributed by atoms with van der Waals surface area (Å²) < 4.78 is 11.2. The second-order valence-corrected chi connectivity index (χ2v) is 7.17. The molecular weight excluding hydrogens is 420 g/mol. The molecule has 0 saturated carbocycles. The van der Waals surface area contributed by atoms with Crippen LogP contribution in [-0.2, 0) is 0 Å². The zero-order chi connectivity index (χ0) is 21.3. The van der Waals surface area contributed by atoms with E-state index in [1.807, 2.05) is 49.4 Å². The van der Waals surface area contributed by atoms with Gasteiger partial charge in [0, 0.05) is 16.3 Å². The van der Waals surface area contributed by atoms with Gasteiger partial charge in [-0.1, -0.05) is 35.9 Å². The summed E-state index contributed by atoms with van der Waals surface area (Å²) in [5.74, 6) is 1.13. The molecular formula is C23H21ClN2O3S. The number of carbonyl (C=O) groups excluding carboxylic acids is 1. The number of nitrogens with one attached hydrogen (secondary N) is 2. The molecule has 0 aromatic heterocycles. The number of anilines is 1. The fourth-order valence-electron chi connectivity index (χ4n) is 2.61. The summed E-state index contributed by atoms with van der Waals surface area (Å²) in [6.45, 7) is 2.70. The molecule has 0 unspecified atom stereocenters. The Morgan fingerprint density at radius 1 is 0.900 bits per heavy atom. The van der Waals surface area contributed by atoms with Gasteiger partial charge in [-0.25, -0.2) is 0 Å². The van der Waals surface area contributed by atoms with Crippen molar-refractivity contribution in [2.75, 3.05) is 18.5 Å². The van der Waals surface area contributed by atoms with Crippen molar-refractivity contribution in [1.29, 1.82) is 0 Å². The van der Waals surface area contributed by atoms with Crippen LogP contribution in [0, 0.1) is 6.92 Å². The zero-order valence-corrected chi connectivity index (χ0v) is 17.9. The lowest BCUT2D eigenvalue weighted by Crippen LogP contribution is -2.34. The maximum absolute atomic E-state index is 12.4. The summed E-state index contributed by atoms with van der Waals surface area (Å²) >= 11 is 11.3. The van der Waals surface area contributed by atoms with Crippen LogP contribution in [-0.4, -0.2) is 24.2 Å². The number of benzene rings is 3. The van der Waals surface area contributed by atoms with Gasteiger partial charge in [-0.2, -0.15) is 0 Å². The normalized spacial score (nSPS) is 10.2. The van der Waals surface area contributed by atoms with Gasteiger partial charge in [-0.3, -0.25) is 10.1 Å². The average molecular weight is 441 g/mol. The van der Waals surface area contributed by atoms with Gasteiger partial charge in [0.2, 0.25) is 0 Å². The highest BCUT2D eigenvalue weighted by molar-refractivity contribution is 7.80. The Balaban J connectivity index is 1.46. The van der Waals surface area contributed by atoms with Crippen molar-refractivity contribution in [2.24, 2.45) is 0 Å². The van der Waals surface area contributed by atoms with Crippen LogP contribution in [0.2, 0.25) is 5.02 Å². The first kappa shape index (κ1) is 21.6. The molecule has 3 aromatic carbocycles. The van der Waals surface area contributed by atoms with Crippen LogP contribution in [0.1, 0.15) is 15.9 Å². The first-order valence-corrected chi connectivity index (χ1v) is 10.1. The number of hydrogen-bond acceptors (Lipinski definition) is 4. The summed E-state index contributed by atoms with van der Waals surface area (Å²) in [6, 6.07) is 21.8. The number of ether oxygens (including phenoxy) is 2. The second kappa shape index (κ2) is 10.6. The Morgan fingerprint density at radius 2 is 1.53 bits per heavy atom. The van der Waals surface area contributed by atoms with Gasteiger partial charge in [0.15, 0.2) is 5.11 Å². The first-order valence-electron chi connectivity index (χ1n) is 9.31. The number of thiocarbonyl (C=S) groups is 1. The molecule has 0 heterocycles. The van der Waals surface area contributed by atoms with Crippen LogP contribution in [0.15, 0.2) is 72.8 Å². The predicted octanol–water partition coefficient (Wildman–Crippen LogP) is 5.23. The monoisotopic (exact) mass is 440 g/mol. The molecule has 3 rings (SSSR count). The van der Waals surface area contributed by atoms with Gasteiger partial charge in [-0.15, -0.1) is 0 Å². The van der Waals surface area contributed by atoms with Crippen molar-refractivity contribution in [2.45, 2.75) is 6.92 Å². The Hall–Kier alpha value is -3.09. The van der Waals surface area contributed by atoms with E-state index in [9.17, 15) is 4.79 Å². The molecule has 0 aliphatic heterocycles. The molecule has 0 fully saturated rings. The van der Waals surface area contributed by atoms with Gasteiger partial charge < -0.3 is 14.8 Å². The lowest BCUT2D eigenvalue weighted by atomic mass is 10.2. The molecule has 0 aliphatic carbocycles. The standard InChI is InChI=1S/C23H21ClN2O3S/c1-16-20(24)8-5-9-21(16)25-23(30)26-22(27)17-10-12-19(13-11-17)29-15-14-28-18-6-3-2-4-7-18/h2-13H,14-15H2,1H3,(H2,25,26,27,30). The predicted molar refractivity (Wildman–Crippen MR) is 124 cm³/mol. The summed E-state index contributed by atoms with van der Waals surface area (Å²) in [5, 5.41) is 6.47. The smallest absolute Gasteiger partial charge is 0.257 e. The maximum Gasteiger partial charge on any atom is 0.257 e. The Morgan fingerprint density at radius 3 is 2.20 bits per heavy atom. The molecule has 2 N–H and O–H groups in total. The molecule has 154 valence electrons. The molecule has 0 saturated heterocycles. The fraction of sp³-hybridized carbons (Fsp3) is 0.130. The van der Waals surface area contributed by atoms with E-state index in [0.717, 1.165) is 17.0 Å². The van der Waals surface area contributed by atoms with Gasteiger partial charge in [0.1, 0.15) is 24.7 Å². The van der Waals surface area contributed by atoms with Crippen molar-refractivity contribution in [3.8, 4) is 11.5 Å². The van der Waals surface area contributed by atoms with Crippen LogP contribution in [0.4, 0.5) is 5.69 Å². The third-order valence-electron chi connectivity index (χ3n) is 4.22. The average Bonchev–Trinajstić information content (AvgIpc) is 2.75. The highest BCUT2D eigenvalue weighted by atomic mass is 35.5. The van der Waals surface area contributed by atoms with E-state index in [4.69, 9.17) is 33.3 Å². The summed E-state index contributed by atoms with van der Waals surface area (Å²) in [4.78, 5) is 12.4.